The predicted molar refractivity (Wildman–Crippen MR) is 464 cm³/mol. The van der Waals surface area contributed by atoms with E-state index in [9.17, 15) is 4.79 Å². The average Bonchev–Trinajstić information content (AvgIpc) is 0.956. The van der Waals surface area contributed by atoms with Gasteiger partial charge in [0, 0.05) is 122 Å². The van der Waals surface area contributed by atoms with Crippen LogP contribution < -0.4 is 9.64 Å². The number of nitrogens with zero attached hydrogens (tertiary/aromatic N) is 3. The van der Waals surface area contributed by atoms with E-state index in [-0.39, 0.29) is 43.0 Å². The first-order valence-electron chi connectivity index (χ1n) is 34.9. The molecular formula is C86H90Cl13N3O8. The van der Waals surface area contributed by atoms with Gasteiger partial charge in [-0.05, 0) is 167 Å². The molecule has 2 aliphatic heterocycles. The Balaban J connectivity index is 0.000000236. The minimum Gasteiger partial charge on any atom is -0.491 e. The Hall–Kier alpha value is -5.69. The van der Waals surface area contributed by atoms with Crippen LogP contribution >= 0.6 is 151 Å². The molecule has 2 saturated heterocycles. The monoisotopic (exact) mass is 1750 g/mol. The van der Waals surface area contributed by atoms with E-state index in [0.29, 0.717) is 100 Å². The van der Waals surface area contributed by atoms with Gasteiger partial charge in [0.1, 0.15) is 25.1 Å². The molecule has 12 rings (SSSR count). The number of halogens is 13. The zero-order valence-electron chi connectivity index (χ0n) is 61.9. The van der Waals surface area contributed by atoms with Crippen molar-refractivity contribution in [1.82, 2.24) is 4.90 Å². The van der Waals surface area contributed by atoms with Gasteiger partial charge in [0.05, 0.1) is 38.6 Å². The summed E-state index contributed by atoms with van der Waals surface area (Å²) in [5.74, 6) is 1.90. The molecule has 1 N–H and O–H groups in total. The third kappa shape index (κ3) is 37.1. The number of ether oxygens (including phenoxy) is 5. The summed E-state index contributed by atoms with van der Waals surface area (Å²) in [5.41, 5.74) is 6.75. The van der Waals surface area contributed by atoms with Crippen LogP contribution in [0, 0.1) is 17.8 Å². The van der Waals surface area contributed by atoms with Crippen molar-refractivity contribution in [1.29, 1.82) is 0 Å². The molecule has 4 atom stereocenters. The predicted octanol–water partition coefficient (Wildman–Crippen LogP) is 27.9. The number of amides is 1. The van der Waals surface area contributed by atoms with Crippen molar-refractivity contribution in [3.63, 3.8) is 0 Å². The number of rotatable bonds is 19. The first-order chi connectivity index (χ1) is 52.6. The highest BCUT2D eigenvalue weighted by atomic mass is 35.5. The van der Waals surface area contributed by atoms with Crippen molar-refractivity contribution in [3.8, 4) is 5.75 Å². The minimum absolute atomic E-state index is 0.00765. The molecule has 10 aromatic carbocycles. The maximum atomic E-state index is 11.4. The molecule has 0 aromatic heterocycles. The summed E-state index contributed by atoms with van der Waals surface area (Å²) in [6.07, 6.45) is -0.349. The van der Waals surface area contributed by atoms with Gasteiger partial charge in [-0.2, -0.15) is 0 Å². The lowest BCUT2D eigenvalue weighted by molar-refractivity contribution is -0.129. The topological polar surface area (TPSA) is 112 Å². The van der Waals surface area contributed by atoms with Gasteiger partial charge in [-0.3, -0.25) is 4.79 Å². The van der Waals surface area contributed by atoms with Gasteiger partial charge in [-0.1, -0.05) is 302 Å². The number of carbonyl (C=O) groups excluding carboxylic acids is 1. The first kappa shape index (κ1) is 94.9. The van der Waals surface area contributed by atoms with Crippen molar-refractivity contribution in [2.45, 2.75) is 99.5 Å². The van der Waals surface area contributed by atoms with Gasteiger partial charge in [0.25, 0.3) is 0 Å². The van der Waals surface area contributed by atoms with Crippen LogP contribution in [-0.2, 0) is 55.0 Å². The smallest absolute Gasteiger partial charge is 0.219 e. The highest BCUT2D eigenvalue weighted by Crippen LogP contribution is 2.37. The van der Waals surface area contributed by atoms with Crippen molar-refractivity contribution in [2.75, 3.05) is 44.3 Å². The number of hydrogen-bond donors (Lipinski definition) is 1. The van der Waals surface area contributed by atoms with Crippen LogP contribution in [0.25, 0.3) is 0 Å². The molecule has 10 aromatic rings. The average molecular weight is 1750 g/mol. The fourth-order valence-electron chi connectivity index (χ4n) is 10.1. The maximum absolute atomic E-state index is 11.4. The van der Waals surface area contributed by atoms with E-state index in [0.717, 1.165) is 81.0 Å². The highest BCUT2D eigenvalue weighted by Gasteiger charge is 2.29. The SMILES string of the molecule is C=NOCc1ccc(Cl)cc1Cl.CC(=O)N1CCN(c2ccc(OCC3COC(C(C)C)O3)cc2)CC1.CC(C)C(OCc1ccc(Cl)cc1)c1ccc(Cl)cc1Cl.CC(C)C(OCc1ccc(Cl)cc1Cl)c1ccc(Cl)cc1Cl.Clc1cccc(Cl)c1.Clc1ccccc1.OCc1ccc(Cl)cc1.c1ccccc1. The Morgan fingerprint density at radius 1 is 0.464 bits per heavy atom. The van der Waals surface area contributed by atoms with Crippen LogP contribution in [0.5, 0.6) is 5.75 Å². The van der Waals surface area contributed by atoms with Crippen molar-refractivity contribution < 1.29 is 38.4 Å². The summed E-state index contributed by atoms with van der Waals surface area (Å²) in [7, 11) is 0. The molecule has 0 bridgehead atoms. The molecule has 2 fully saturated rings. The van der Waals surface area contributed by atoms with E-state index in [2.05, 4.69) is 70.4 Å². The number of carbonyl (C=O) groups is 1. The molecule has 0 spiro atoms. The Kier molecular flexibility index (Phi) is 45.4. The van der Waals surface area contributed by atoms with Gasteiger partial charge >= 0.3 is 0 Å². The summed E-state index contributed by atoms with van der Waals surface area (Å²) >= 11 is 76.2. The zero-order valence-corrected chi connectivity index (χ0v) is 71.7. The summed E-state index contributed by atoms with van der Waals surface area (Å²) in [6, 6.07) is 72.9. The second-order valence-corrected chi connectivity index (χ2v) is 31.0. The van der Waals surface area contributed by atoms with E-state index >= 15 is 0 Å². The third-order valence-electron chi connectivity index (χ3n) is 15.8. The van der Waals surface area contributed by atoms with Crippen molar-refractivity contribution in [2.24, 2.45) is 22.9 Å². The molecule has 0 saturated carbocycles. The summed E-state index contributed by atoms with van der Waals surface area (Å²) in [6.45, 7) is 23.0. The van der Waals surface area contributed by atoms with Gasteiger partial charge in [0.15, 0.2) is 6.29 Å². The van der Waals surface area contributed by atoms with Gasteiger partial charge < -0.3 is 43.4 Å². The Bertz CT molecular complexity index is 4220. The molecule has 4 unspecified atom stereocenters. The van der Waals surface area contributed by atoms with E-state index < -0.39 is 0 Å². The van der Waals surface area contributed by atoms with Gasteiger partial charge in [-0.25, -0.2) is 0 Å². The molecule has 0 radical (unpaired) electrons. The van der Waals surface area contributed by atoms with Crippen molar-refractivity contribution in [3.05, 3.63) is 335 Å². The van der Waals surface area contributed by atoms with Crippen LogP contribution in [0.1, 0.15) is 94.1 Å². The van der Waals surface area contributed by atoms with Crippen LogP contribution in [0.4, 0.5) is 5.69 Å². The lowest BCUT2D eigenvalue weighted by Gasteiger charge is -2.35. The fraction of sp³-hybridized carbons (Fsp3) is 0.279. The number of hydrogen-bond acceptors (Lipinski definition) is 10. The van der Waals surface area contributed by atoms with E-state index in [1.807, 2.05) is 144 Å². The van der Waals surface area contributed by atoms with E-state index in [1.165, 1.54) is 0 Å². The molecule has 11 nitrogen and oxygen atoms in total. The third-order valence-corrected chi connectivity index (χ3v) is 19.3. The van der Waals surface area contributed by atoms with Crippen molar-refractivity contribution >= 4 is 169 Å². The second-order valence-electron chi connectivity index (χ2n) is 25.5. The fourth-order valence-corrected chi connectivity index (χ4v) is 12.9. The lowest BCUT2D eigenvalue weighted by Crippen LogP contribution is -2.48. The number of benzene rings is 10. The number of anilines is 1. The minimum atomic E-state index is -0.142. The number of oxime groups is 1. The highest BCUT2D eigenvalue weighted by molar-refractivity contribution is 6.37. The largest absolute Gasteiger partial charge is 0.491 e. The number of aliphatic hydroxyl groups excluding tert-OH is 1. The molecular weight excluding hydrogens is 1660 g/mol. The van der Waals surface area contributed by atoms with Crippen LogP contribution in [0.3, 0.4) is 0 Å². The van der Waals surface area contributed by atoms with Crippen LogP contribution in [0.2, 0.25) is 65.3 Å². The number of aliphatic hydroxyl groups is 1. The molecule has 2 heterocycles. The molecule has 110 heavy (non-hydrogen) atoms. The van der Waals surface area contributed by atoms with E-state index in [4.69, 9.17) is 184 Å². The quantitative estimate of drug-likeness (QED) is 0.0625. The molecule has 588 valence electrons. The van der Waals surface area contributed by atoms with Gasteiger partial charge in [-0.15, -0.1) is 5.16 Å². The molecule has 0 aliphatic carbocycles. The zero-order chi connectivity index (χ0) is 80.5. The molecule has 24 heteroatoms. The van der Waals surface area contributed by atoms with Crippen LogP contribution in [0.15, 0.2) is 242 Å². The maximum Gasteiger partial charge on any atom is 0.219 e. The standard InChI is InChI=1S/C19H28N2O4.C17H16Cl4O.C17H17Cl3O.C8H7Cl2NO.C7H7ClO.C6H4Cl2.C6H5Cl.C6H6/c1-14(2)19-24-13-18(25-19)12-23-17-6-4-16(5-7-17)21-10-8-20(9-11-21)15(3)22;1-10(2)17(14-6-5-13(19)8-16(14)21)22-9-11-3-4-12(18)7-15(11)20;1-11(2)17(15-8-7-14(19)9-16(15)20)21-10-12-3-5-13(18)6-4-12;1-11-12-5-6-2-3-7(9)4-8(6)10;8-7-3-1-6(5-9)2-4-7;7-5-2-1-3-6(8)4-5;7-6-4-2-1-3-5-6;1-2-4-6-5-3-1/h4-7,14,18-19H,8-13H2,1-3H3;3-8,10,17H,9H2,1-2H3;3-9,11,17H,10H2,1-2H3;2-4H,1,5H2;1-4,9H,5H2;1-4H;1-5H;1-6H. The Morgan fingerprint density at radius 2 is 0.864 bits per heavy atom. The summed E-state index contributed by atoms with van der Waals surface area (Å²) < 4.78 is 29.4. The van der Waals surface area contributed by atoms with E-state index in [1.54, 1.807) is 91.9 Å². The first-order valence-corrected chi connectivity index (χ1v) is 39.8. The summed E-state index contributed by atoms with van der Waals surface area (Å²) in [4.78, 5) is 20.3. The Labute approximate surface area is 713 Å². The Morgan fingerprint density at radius 3 is 1.25 bits per heavy atom. The lowest BCUT2D eigenvalue weighted by atomic mass is 9.99. The van der Waals surface area contributed by atoms with Gasteiger partial charge in [0.2, 0.25) is 5.91 Å². The molecule has 2 aliphatic rings. The molecule has 1 amide bonds. The normalized spacial score (nSPS) is 13.9. The number of piperazine rings is 1. The van der Waals surface area contributed by atoms with Crippen LogP contribution in [-0.4, -0.2) is 74.4 Å². The second kappa shape index (κ2) is 52.7. The summed E-state index contributed by atoms with van der Waals surface area (Å²) in [5, 5.41) is 20.3.